The van der Waals surface area contributed by atoms with Crippen LogP contribution in [-0.4, -0.2) is 32.4 Å². The highest BCUT2D eigenvalue weighted by Gasteiger charge is 2.12. The predicted molar refractivity (Wildman–Crippen MR) is 96.8 cm³/mol. The lowest BCUT2D eigenvalue weighted by atomic mass is 10.1. The number of para-hydroxylation sites is 1. The Morgan fingerprint density at radius 3 is 2.23 bits per heavy atom. The molecular formula is C18H19FN2O4S. The van der Waals surface area contributed by atoms with Crippen LogP contribution < -0.4 is 10.0 Å². The van der Waals surface area contributed by atoms with Crippen molar-refractivity contribution >= 4 is 27.4 Å². The molecule has 0 spiro atoms. The molecule has 2 rings (SSSR count). The highest BCUT2D eigenvalue weighted by atomic mass is 32.2. The minimum absolute atomic E-state index is 0.0352. The van der Waals surface area contributed by atoms with Gasteiger partial charge in [-0.15, -0.1) is 0 Å². The van der Waals surface area contributed by atoms with Crippen LogP contribution in [0, 0.1) is 5.82 Å². The van der Waals surface area contributed by atoms with Gasteiger partial charge >= 0.3 is 0 Å². The molecule has 2 N–H and O–H groups in total. The Bertz CT molecular complexity index is 853. The molecular weight excluding hydrogens is 359 g/mol. The summed E-state index contributed by atoms with van der Waals surface area (Å²) in [7, 11) is -3.58. The summed E-state index contributed by atoms with van der Waals surface area (Å²) >= 11 is 0. The molecule has 0 heterocycles. The fraction of sp³-hybridized carbons (Fsp3) is 0.222. The summed E-state index contributed by atoms with van der Waals surface area (Å²) in [5.74, 6) is -1.42. The standard InChI is InChI=1S/C18H19FN2O4S/c19-15-8-6-14(7-9-15)17(22)10-11-18(23)20-12-13-26(24,25)21-16-4-2-1-3-5-16/h1-9,21H,10-13H2,(H,20,23). The van der Waals surface area contributed by atoms with E-state index in [1.165, 1.54) is 24.3 Å². The summed E-state index contributed by atoms with van der Waals surface area (Å²) in [6, 6.07) is 13.5. The van der Waals surface area contributed by atoms with Gasteiger partial charge in [0.1, 0.15) is 5.82 Å². The number of hydrogen-bond donors (Lipinski definition) is 2. The zero-order valence-electron chi connectivity index (χ0n) is 13.9. The largest absolute Gasteiger partial charge is 0.355 e. The molecule has 0 atom stereocenters. The SMILES string of the molecule is O=C(CCC(=O)c1ccc(F)cc1)NCCS(=O)(=O)Nc1ccccc1. The normalized spacial score (nSPS) is 11.0. The highest BCUT2D eigenvalue weighted by molar-refractivity contribution is 7.92. The van der Waals surface area contributed by atoms with E-state index >= 15 is 0 Å². The molecule has 0 bridgehead atoms. The number of rotatable bonds is 9. The van der Waals surface area contributed by atoms with E-state index in [0.717, 1.165) is 0 Å². The van der Waals surface area contributed by atoms with Crippen LogP contribution in [0.1, 0.15) is 23.2 Å². The number of sulfonamides is 1. The lowest BCUT2D eigenvalue weighted by Crippen LogP contribution is -2.31. The lowest BCUT2D eigenvalue weighted by Gasteiger charge is -2.09. The molecule has 0 aliphatic heterocycles. The van der Waals surface area contributed by atoms with E-state index in [0.29, 0.717) is 11.3 Å². The van der Waals surface area contributed by atoms with Gasteiger partial charge in [0.05, 0.1) is 5.75 Å². The summed E-state index contributed by atoms with van der Waals surface area (Å²) in [5.41, 5.74) is 0.776. The van der Waals surface area contributed by atoms with Crippen molar-refractivity contribution in [3.05, 3.63) is 66.0 Å². The van der Waals surface area contributed by atoms with Crippen LogP contribution in [0.15, 0.2) is 54.6 Å². The number of amides is 1. The first-order valence-corrected chi connectivity index (χ1v) is 9.62. The first-order valence-electron chi connectivity index (χ1n) is 7.97. The topological polar surface area (TPSA) is 92.3 Å². The maximum Gasteiger partial charge on any atom is 0.234 e. The van der Waals surface area contributed by atoms with Gasteiger partial charge < -0.3 is 5.32 Å². The van der Waals surface area contributed by atoms with Crippen molar-refractivity contribution in [3.63, 3.8) is 0 Å². The van der Waals surface area contributed by atoms with E-state index in [1.807, 2.05) is 0 Å². The molecule has 0 radical (unpaired) electrons. The Hall–Kier alpha value is -2.74. The molecule has 2 aromatic carbocycles. The smallest absolute Gasteiger partial charge is 0.234 e. The van der Waals surface area contributed by atoms with E-state index in [9.17, 15) is 22.4 Å². The maximum atomic E-state index is 12.8. The molecule has 0 fully saturated rings. The van der Waals surface area contributed by atoms with Crippen LogP contribution in [0.4, 0.5) is 10.1 Å². The zero-order valence-corrected chi connectivity index (χ0v) is 14.8. The Balaban J connectivity index is 1.71. The number of hydrogen-bond acceptors (Lipinski definition) is 4. The number of Topliss-reactive ketones (excluding diaryl/α,β-unsaturated/α-hetero) is 1. The minimum atomic E-state index is -3.58. The molecule has 0 unspecified atom stereocenters. The molecule has 0 aliphatic carbocycles. The fourth-order valence-corrected chi connectivity index (χ4v) is 3.13. The maximum absolute atomic E-state index is 12.8. The molecule has 8 heteroatoms. The Morgan fingerprint density at radius 2 is 1.58 bits per heavy atom. The van der Waals surface area contributed by atoms with Gasteiger partial charge in [0, 0.05) is 30.6 Å². The van der Waals surface area contributed by atoms with Crippen molar-refractivity contribution in [2.24, 2.45) is 0 Å². The number of anilines is 1. The second-order valence-corrected chi connectivity index (χ2v) is 7.41. The Kier molecular flexibility index (Phi) is 6.85. The van der Waals surface area contributed by atoms with Crippen molar-refractivity contribution in [2.75, 3.05) is 17.0 Å². The van der Waals surface area contributed by atoms with Crippen molar-refractivity contribution in [1.82, 2.24) is 5.32 Å². The second-order valence-electron chi connectivity index (χ2n) is 5.57. The summed E-state index contributed by atoms with van der Waals surface area (Å²) in [6.07, 6.45) is -0.102. The zero-order chi connectivity index (χ0) is 19.0. The van der Waals surface area contributed by atoms with Gasteiger partial charge in [0.15, 0.2) is 5.78 Å². The van der Waals surface area contributed by atoms with Gasteiger partial charge in [-0.1, -0.05) is 18.2 Å². The Morgan fingerprint density at radius 1 is 0.923 bits per heavy atom. The van der Waals surface area contributed by atoms with Crippen LogP contribution in [0.2, 0.25) is 0 Å². The molecule has 0 aliphatic rings. The quantitative estimate of drug-likeness (QED) is 0.655. The van der Waals surface area contributed by atoms with Crippen LogP contribution in [0.5, 0.6) is 0 Å². The predicted octanol–water partition coefficient (Wildman–Crippen LogP) is 2.35. The van der Waals surface area contributed by atoms with Crippen molar-refractivity contribution < 1.29 is 22.4 Å². The number of halogens is 1. The highest BCUT2D eigenvalue weighted by Crippen LogP contribution is 2.08. The molecule has 138 valence electrons. The van der Waals surface area contributed by atoms with Crippen molar-refractivity contribution in [2.45, 2.75) is 12.8 Å². The van der Waals surface area contributed by atoms with Crippen molar-refractivity contribution in [3.8, 4) is 0 Å². The number of carbonyl (C=O) groups is 2. The van der Waals surface area contributed by atoms with Gasteiger partial charge in [-0.3, -0.25) is 14.3 Å². The first kappa shape index (κ1) is 19.6. The average Bonchev–Trinajstić information content (AvgIpc) is 2.60. The monoisotopic (exact) mass is 378 g/mol. The van der Waals surface area contributed by atoms with Crippen LogP contribution >= 0.6 is 0 Å². The minimum Gasteiger partial charge on any atom is -0.355 e. The van der Waals surface area contributed by atoms with E-state index in [4.69, 9.17) is 0 Å². The fourth-order valence-electron chi connectivity index (χ4n) is 2.16. The molecule has 0 saturated carbocycles. The van der Waals surface area contributed by atoms with E-state index < -0.39 is 21.7 Å². The third-order valence-electron chi connectivity index (χ3n) is 3.49. The van der Waals surface area contributed by atoms with E-state index in [-0.39, 0.29) is 30.9 Å². The van der Waals surface area contributed by atoms with Gasteiger partial charge in [-0.2, -0.15) is 0 Å². The lowest BCUT2D eigenvalue weighted by molar-refractivity contribution is -0.120. The van der Waals surface area contributed by atoms with Crippen molar-refractivity contribution in [1.29, 1.82) is 0 Å². The van der Waals surface area contributed by atoms with Crippen LogP contribution in [0.25, 0.3) is 0 Å². The van der Waals surface area contributed by atoms with Gasteiger partial charge in [0.2, 0.25) is 15.9 Å². The molecule has 26 heavy (non-hydrogen) atoms. The number of ketones is 1. The Labute approximate surface area is 151 Å². The summed E-state index contributed by atoms with van der Waals surface area (Å²) in [4.78, 5) is 23.6. The molecule has 6 nitrogen and oxygen atoms in total. The first-order chi connectivity index (χ1) is 12.4. The van der Waals surface area contributed by atoms with Gasteiger partial charge in [-0.25, -0.2) is 12.8 Å². The van der Waals surface area contributed by atoms with Crippen LogP contribution in [0.3, 0.4) is 0 Å². The molecule has 1 amide bonds. The molecule has 2 aromatic rings. The third kappa shape index (κ3) is 6.64. The summed E-state index contributed by atoms with van der Waals surface area (Å²) in [5, 5.41) is 2.47. The average molecular weight is 378 g/mol. The number of nitrogens with one attached hydrogen (secondary N) is 2. The van der Waals surface area contributed by atoms with E-state index in [1.54, 1.807) is 30.3 Å². The number of carbonyl (C=O) groups excluding carboxylic acids is 2. The molecule has 0 aromatic heterocycles. The summed E-state index contributed by atoms with van der Waals surface area (Å²) in [6.45, 7) is -0.0638. The molecule has 0 saturated heterocycles. The van der Waals surface area contributed by atoms with E-state index in [2.05, 4.69) is 10.0 Å². The third-order valence-corrected chi connectivity index (χ3v) is 4.77. The van der Waals surface area contributed by atoms with Crippen LogP contribution in [-0.2, 0) is 14.8 Å². The van der Waals surface area contributed by atoms with Gasteiger partial charge in [-0.05, 0) is 36.4 Å². The number of benzene rings is 2. The summed E-state index contributed by atoms with van der Waals surface area (Å²) < 4.78 is 39.0. The second kappa shape index (κ2) is 9.10. The van der Waals surface area contributed by atoms with Gasteiger partial charge in [0.25, 0.3) is 0 Å².